The number of nitrogens with zero attached hydrogens (tertiary/aromatic N) is 1. The van der Waals surface area contributed by atoms with Crippen molar-refractivity contribution in [3.8, 4) is 0 Å². The quantitative estimate of drug-likeness (QED) is 0.586. The van der Waals surface area contributed by atoms with Crippen LogP contribution in [0.5, 0.6) is 0 Å². The Morgan fingerprint density at radius 1 is 1.56 bits per heavy atom. The summed E-state index contributed by atoms with van der Waals surface area (Å²) in [4.78, 5) is 11.5. The molecule has 1 atom stereocenters. The second kappa shape index (κ2) is 6.38. The molecule has 0 aromatic heterocycles. The summed E-state index contributed by atoms with van der Waals surface area (Å²) < 4.78 is 0. The molecule has 0 spiro atoms. The van der Waals surface area contributed by atoms with Crippen molar-refractivity contribution in [1.82, 2.24) is 10.7 Å². The van der Waals surface area contributed by atoms with Crippen LogP contribution in [-0.2, 0) is 0 Å². The van der Waals surface area contributed by atoms with E-state index >= 15 is 0 Å². The number of hydrogen-bond donors (Lipinski definition) is 2. The zero-order valence-corrected chi connectivity index (χ0v) is 11.7. The van der Waals surface area contributed by atoms with Crippen LogP contribution in [0.15, 0.2) is 28.9 Å². The highest BCUT2D eigenvalue weighted by Gasteiger charge is 2.18. The van der Waals surface area contributed by atoms with Crippen molar-refractivity contribution in [2.75, 3.05) is 0 Å². The third-order valence-corrected chi connectivity index (χ3v) is 3.01. The number of urea groups is 1. The predicted molar refractivity (Wildman–Crippen MR) is 75.5 cm³/mol. The maximum absolute atomic E-state index is 11.5. The van der Waals surface area contributed by atoms with Crippen LogP contribution < -0.4 is 10.7 Å². The number of carbonyl (C=O) groups excluding carboxylic acids is 1. The molecule has 100 valence electrons. The molecule has 0 fully saturated rings. The molecule has 1 unspecified atom stereocenters. The summed E-state index contributed by atoms with van der Waals surface area (Å²) in [7, 11) is 0. The molecule has 4 heteroatoms. The highest BCUT2D eigenvalue weighted by molar-refractivity contribution is 6.01. The third-order valence-electron chi connectivity index (χ3n) is 3.01. The maximum Gasteiger partial charge on any atom is 0.335 e. The lowest BCUT2D eigenvalue weighted by Gasteiger charge is -2.22. The van der Waals surface area contributed by atoms with Gasteiger partial charge in [-0.3, -0.25) is 0 Å². The average Bonchev–Trinajstić information content (AvgIpc) is 2.26. The van der Waals surface area contributed by atoms with Gasteiger partial charge in [-0.1, -0.05) is 18.2 Å². The first-order chi connectivity index (χ1) is 8.40. The van der Waals surface area contributed by atoms with E-state index in [0.717, 1.165) is 29.7 Å². The van der Waals surface area contributed by atoms with Crippen LogP contribution in [0.4, 0.5) is 4.79 Å². The highest BCUT2D eigenvalue weighted by atomic mass is 16.2. The third kappa shape index (κ3) is 4.35. The van der Waals surface area contributed by atoms with Crippen LogP contribution >= 0.6 is 0 Å². The van der Waals surface area contributed by atoms with Gasteiger partial charge in [-0.25, -0.2) is 10.2 Å². The summed E-state index contributed by atoms with van der Waals surface area (Å²) in [6, 6.07) is -0.154. The fraction of sp³-hybridized carbons (Fsp3) is 0.571. The van der Waals surface area contributed by atoms with Gasteiger partial charge in [0.2, 0.25) is 0 Å². The minimum Gasteiger partial charge on any atom is -0.335 e. The molecule has 18 heavy (non-hydrogen) atoms. The number of allylic oxidation sites excluding steroid dienone is 3. The Hall–Kier alpha value is -1.58. The summed E-state index contributed by atoms with van der Waals surface area (Å²) in [5, 5.41) is 6.93. The monoisotopic (exact) mass is 249 g/mol. The van der Waals surface area contributed by atoms with Crippen molar-refractivity contribution >= 4 is 11.7 Å². The van der Waals surface area contributed by atoms with Gasteiger partial charge in [-0.05, 0) is 52.0 Å². The van der Waals surface area contributed by atoms with E-state index in [2.05, 4.69) is 28.5 Å². The van der Waals surface area contributed by atoms with E-state index in [1.807, 2.05) is 27.7 Å². The summed E-state index contributed by atoms with van der Waals surface area (Å²) in [5.41, 5.74) is 5.78. The average molecular weight is 249 g/mol. The Bertz CT molecular complexity index is 394. The molecule has 0 aromatic carbocycles. The predicted octanol–water partition coefficient (Wildman–Crippen LogP) is 2.98. The molecule has 1 aliphatic carbocycles. The molecule has 4 nitrogen and oxygen atoms in total. The van der Waals surface area contributed by atoms with Gasteiger partial charge in [-0.2, -0.15) is 5.10 Å². The summed E-state index contributed by atoms with van der Waals surface area (Å²) in [6.07, 6.45) is 4.02. The van der Waals surface area contributed by atoms with E-state index in [4.69, 9.17) is 0 Å². The lowest BCUT2D eigenvalue weighted by atomic mass is 9.85. The molecule has 2 N–H and O–H groups in total. The van der Waals surface area contributed by atoms with Crippen molar-refractivity contribution in [2.45, 2.75) is 46.6 Å². The van der Waals surface area contributed by atoms with Crippen LogP contribution in [0.25, 0.3) is 0 Å². The molecule has 0 bridgehead atoms. The van der Waals surface area contributed by atoms with Crippen LogP contribution in [0.3, 0.4) is 0 Å². The van der Waals surface area contributed by atoms with Gasteiger partial charge in [0.15, 0.2) is 0 Å². The van der Waals surface area contributed by atoms with Crippen molar-refractivity contribution in [1.29, 1.82) is 0 Å². The minimum atomic E-state index is -0.261. The number of carbonyl (C=O) groups is 1. The highest BCUT2D eigenvalue weighted by Crippen LogP contribution is 2.26. The Morgan fingerprint density at radius 2 is 2.22 bits per heavy atom. The second-order valence-electron chi connectivity index (χ2n) is 5.17. The Labute approximate surface area is 109 Å². The van der Waals surface area contributed by atoms with Crippen molar-refractivity contribution in [3.05, 3.63) is 23.8 Å². The molecule has 0 radical (unpaired) electrons. The first kappa shape index (κ1) is 14.5. The van der Waals surface area contributed by atoms with E-state index in [1.54, 1.807) is 0 Å². The molecular formula is C14H23N3O. The normalized spacial score (nSPS) is 21.7. The van der Waals surface area contributed by atoms with Crippen molar-refractivity contribution in [3.63, 3.8) is 0 Å². The molecule has 1 rings (SSSR count). The van der Waals surface area contributed by atoms with Crippen molar-refractivity contribution in [2.24, 2.45) is 11.0 Å². The molecule has 0 heterocycles. The van der Waals surface area contributed by atoms with E-state index in [9.17, 15) is 4.79 Å². The van der Waals surface area contributed by atoms with E-state index < -0.39 is 0 Å². The largest absolute Gasteiger partial charge is 0.335 e. The molecule has 0 aliphatic heterocycles. The van der Waals surface area contributed by atoms with Gasteiger partial charge in [0.05, 0.1) is 5.71 Å². The standard InChI is InChI=1S/C14H23N3O/c1-9(2)12-7-6-11(5)13(8-12)16-17-14(18)15-10(3)4/h6,10,12H,1,7-8H2,2-5H3,(H2,15,17,18)/b16-13-. The van der Waals surface area contributed by atoms with Gasteiger partial charge in [-0.15, -0.1) is 0 Å². The Balaban J connectivity index is 2.64. The van der Waals surface area contributed by atoms with Crippen LogP contribution in [0.2, 0.25) is 0 Å². The first-order valence-corrected chi connectivity index (χ1v) is 6.35. The minimum absolute atomic E-state index is 0.108. The van der Waals surface area contributed by atoms with Gasteiger partial charge < -0.3 is 5.32 Å². The van der Waals surface area contributed by atoms with E-state index in [0.29, 0.717) is 5.92 Å². The zero-order chi connectivity index (χ0) is 13.7. The molecule has 2 amide bonds. The van der Waals surface area contributed by atoms with Crippen molar-refractivity contribution < 1.29 is 4.79 Å². The van der Waals surface area contributed by atoms with E-state index in [-0.39, 0.29) is 12.1 Å². The molecule has 1 aliphatic rings. The van der Waals surface area contributed by atoms with Gasteiger partial charge in [0, 0.05) is 6.04 Å². The van der Waals surface area contributed by atoms with Gasteiger partial charge in [0.25, 0.3) is 0 Å². The summed E-state index contributed by atoms with van der Waals surface area (Å²) >= 11 is 0. The lowest BCUT2D eigenvalue weighted by molar-refractivity contribution is 0.239. The molecule has 0 aromatic rings. The number of rotatable bonds is 3. The van der Waals surface area contributed by atoms with Crippen LogP contribution in [-0.4, -0.2) is 17.8 Å². The number of amides is 2. The topological polar surface area (TPSA) is 53.5 Å². The number of nitrogens with one attached hydrogen (secondary N) is 2. The van der Waals surface area contributed by atoms with Crippen LogP contribution in [0, 0.1) is 5.92 Å². The fourth-order valence-electron chi connectivity index (χ4n) is 1.84. The zero-order valence-electron chi connectivity index (χ0n) is 11.7. The lowest BCUT2D eigenvalue weighted by Crippen LogP contribution is -2.37. The fourth-order valence-corrected chi connectivity index (χ4v) is 1.84. The number of hydrazone groups is 1. The summed E-state index contributed by atoms with van der Waals surface area (Å²) in [5.74, 6) is 0.433. The smallest absolute Gasteiger partial charge is 0.335 e. The first-order valence-electron chi connectivity index (χ1n) is 6.35. The molecule has 0 saturated carbocycles. The molecular weight excluding hydrogens is 226 g/mol. The van der Waals surface area contributed by atoms with Crippen LogP contribution in [0.1, 0.15) is 40.5 Å². The Kier molecular flexibility index (Phi) is 5.13. The van der Waals surface area contributed by atoms with E-state index in [1.165, 1.54) is 0 Å². The summed E-state index contributed by atoms with van der Waals surface area (Å²) in [6.45, 7) is 11.9. The second-order valence-corrected chi connectivity index (χ2v) is 5.17. The van der Waals surface area contributed by atoms with Gasteiger partial charge in [0.1, 0.15) is 0 Å². The maximum atomic E-state index is 11.5. The van der Waals surface area contributed by atoms with Gasteiger partial charge >= 0.3 is 6.03 Å². The SMILES string of the molecule is C=C(C)C1CC=C(C)/C(=N\NC(=O)NC(C)C)C1. The Morgan fingerprint density at radius 3 is 2.78 bits per heavy atom. The number of hydrogen-bond acceptors (Lipinski definition) is 2. The molecule has 0 saturated heterocycles.